The van der Waals surface area contributed by atoms with Crippen molar-refractivity contribution in [2.45, 2.75) is 46.1 Å². The highest BCUT2D eigenvalue weighted by Gasteiger charge is 2.49. The molecule has 1 aliphatic rings. The normalized spacial score (nSPS) is 17.4. The maximum atomic E-state index is 12.8. The van der Waals surface area contributed by atoms with Crippen LogP contribution in [0.1, 0.15) is 36.5 Å². The third kappa shape index (κ3) is 3.18. The van der Waals surface area contributed by atoms with E-state index in [1.165, 1.54) is 14.0 Å². The van der Waals surface area contributed by atoms with Gasteiger partial charge >= 0.3 is 5.97 Å². The van der Waals surface area contributed by atoms with E-state index in [0.717, 1.165) is 35.5 Å². The second kappa shape index (κ2) is 6.93. The van der Waals surface area contributed by atoms with Crippen LogP contribution in [0.25, 0.3) is 0 Å². The topological polar surface area (TPSA) is 49.9 Å². The van der Waals surface area contributed by atoms with E-state index in [4.69, 9.17) is 4.74 Å². The van der Waals surface area contributed by atoms with Gasteiger partial charge in [-0.2, -0.15) is 0 Å². The minimum absolute atomic E-state index is 0.125. The van der Waals surface area contributed by atoms with E-state index in [1.54, 1.807) is 4.90 Å². The lowest BCUT2D eigenvalue weighted by atomic mass is 9.84. The number of carbonyl (C=O) groups excluding carboxylic acids is 2. The highest BCUT2D eigenvalue weighted by atomic mass is 16.5. The van der Waals surface area contributed by atoms with Crippen LogP contribution in [0.2, 0.25) is 0 Å². The summed E-state index contributed by atoms with van der Waals surface area (Å²) >= 11 is 0. The Hall–Kier alpha value is -1.88. The molecule has 1 aromatic carbocycles. The predicted molar refractivity (Wildman–Crippen MR) is 95.3 cm³/mol. The summed E-state index contributed by atoms with van der Waals surface area (Å²) < 4.78 is 5.13. The molecule has 0 radical (unpaired) electrons. The van der Waals surface area contributed by atoms with Gasteiger partial charge in [-0.1, -0.05) is 17.7 Å². The van der Waals surface area contributed by atoms with Crippen LogP contribution in [0.4, 0.5) is 5.69 Å². The molecule has 0 saturated carbocycles. The van der Waals surface area contributed by atoms with Crippen molar-refractivity contribution in [3.05, 3.63) is 28.8 Å². The van der Waals surface area contributed by atoms with Crippen molar-refractivity contribution < 1.29 is 14.3 Å². The van der Waals surface area contributed by atoms with Crippen LogP contribution in [0.3, 0.4) is 0 Å². The van der Waals surface area contributed by atoms with Crippen LogP contribution in [-0.4, -0.2) is 49.6 Å². The minimum atomic E-state index is -0.933. The SMILES string of the molecule is COC(=O)C1(N(C(C)=O)c2c(C)cc(C)cc2C)CCN(C)CC1. The number of likely N-dealkylation sites (tertiary alicyclic amines) is 1. The Morgan fingerprint density at radius 1 is 1.12 bits per heavy atom. The van der Waals surface area contributed by atoms with E-state index in [2.05, 4.69) is 17.0 Å². The first-order valence-electron chi connectivity index (χ1n) is 8.38. The van der Waals surface area contributed by atoms with Crippen LogP contribution in [-0.2, 0) is 14.3 Å². The van der Waals surface area contributed by atoms with E-state index >= 15 is 0 Å². The molecule has 132 valence electrons. The maximum absolute atomic E-state index is 12.8. The molecule has 1 aliphatic heterocycles. The molecule has 5 nitrogen and oxygen atoms in total. The van der Waals surface area contributed by atoms with Crippen molar-refractivity contribution >= 4 is 17.6 Å². The van der Waals surface area contributed by atoms with Gasteiger partial charge in [-0.3, -0.25) is 9.69 Å². The number of amides is 1. The largest absolute Gasteiger partial charge is 0.467 e. The van der Waals surface area contributed by atoms with Gasteiger partial charge in [0.05, 0.1) is 12.8 Å². The van der Waals surface area contributed by atoms with Gasteiger partial charge in [-0.05, 0) is 51.8 Å². The highest BCUT2D eigenvalue weighted by molar-refractivity contribution is 6.02. The number of esters is 1. The second-order valence-electron chi connectivity index (χ2n) is 6.93. The molecule has 24 heavy (non-hydrogen) atoms. The fourth-order valence-electron chi connectivity index (χ4n) is 3.90. The van der Waals surface area contributed by atoms with Gasteiger partial charge in [-0.15, -0.1) is 0 Å². The van der Waals surface area contributed by atoms with E-state index < -0.39 is 5.54 Å². The number of rotatable bonds is 3. The Balaban J connectivity index is 2.63. The second-order valence-corrected chi connectivity index (χ2v) is 6.93. The van der Waals surface area contributed by atoms with Gasteiger partial charge in [-0.25, -0.2) is 4.79 Å². The molecule has 0 spiro atoms. The Morgan fingerprint density at radius 3 is 2.04 bits per heavy atom. The molecule has 1 heterocycles. The minimum Gasteiger partial charge on any atom is -0.467 e. The first-order valence-corrected chi connectivity index (χ1v) is 8.38. The Morgan fingerprint density at radius 2 is 1.62 bits per heavy atom. The van der Waals surface area contributed by atoms with E-state index in [-0.39, 0.29) is 11.9 Å². The Bertz CT molecular complexity index is 623. The highest BCUT2D eigenvalue weighted by Crippen LogP contribution is 2.38. The number of hydrogen-bond acceptors (Lipinski definition) is 4. The molecule has 1 aromatic rings. The van der Waals surface area contributed by atoms with Gasteiger partial charge in [0.2, 0.25) is 5.91 Å². The van der Waals surface area contributed by atoms with E-state index in [9.17, 15) is 9.59 Å². The quantitative estimate of drug-likeness (QED) is 0.799. The molecule has 0 N–H and O–H groups in total. The first kappa shape index (κ1) is 18.5. The standard InChI is InChI=1S/C19H28N2O3/c1-13-11-14(2)17(15(3)12-13)21(16(4)22)19(18(23)24-6)7-9-20(5)10-8-19/h11-12H,7-10H2,1-6H3. The summed E-state index contributed by atoms with van der Waals surface area (Å²) in [7, 11) is 3.43. The van der Waals surface area contributed by atoms with Crippen LogP contribution in [0.5, 0.6) is 0 Å². The average Bonchev–Trinajstić information content (AvgIpc) is 2.51. The van der Waals surface area contributed by atoms with Gasteiger partial charge in [0, 0.05) is 20.0 Å². The van der Waals surface area contributed by atoms with E-state index in [0.29, 0.717) is 12.8 Å². The monoisotopic (exact) mass is 332 g/mol. The number of piperidine rings is 1. The number of aryl methyl sites for hydroxylation is 3. The van der Waals surface area contributed by atoms with Gasteiger partial charge in [0.15, 0.2) is 0 Å². The molecule has 1 amide bonds. The molecule has 0 aromatic heterocycles. The van der Waals surface area contributed by atoms with Crippen molar-refractivity contribution in [3.8, 4) is 0 Å². The number of carbonyl (C=O) groups is 2. The van der Waals surface area contributed by atoms with Crippen molar-refractivity contribution in [2.75, 3.05) is 32.1 Å². The average molecular weight is 332 g/mol. The zero-order valence-electron chi connectivity index (χ0n) is 15.6. The van der Waals surface area contributed by atoms with Crippen LogP contribution in [0, 0.1) is 20.8 Å². The lowest BCUT2D eigenvalue weighted by Gasteiger charge is -2.46. The zero-order chi connectivity index (χ0) is 18.1. The van der Waals surface area contributed by atoms with Crippen LogP contribution in [0.15, 0.2) is 12.1 Å². The van der Waals surface area contributed by atoms with Gasteiger partial charge in [0.25, 0.3) is 0 Å². The summed E-state index contributed by atoms with van der Waals surface area (Å²) in [6.45, 7) is 9.05. The van der Waals surface area contributed by atoms with Crippen molar-refractivity contribution in [2.24, 2.45) is 0 Å². The molecule has 5 heteroatoms. The third-order valence-corrected chi connectivity index (χ3v) is 4.98. The molecule has 0 aliphatic carbocycles. The zero-order valence-corrected chi connectivity index (χ0v) is 15.6. The van der Waals surface area contributed by atoms with Crippen molar-refractivity contribution in [3.63, 3.8) is 0 Å². The van der Waals surface area contributed by atoms with E-state index in [1.807, 2.05) is 27.8 Å². The lowest BCUT2D eigenvalue weighted by molar-refractivity contribution is -0.150. The third-order valence-electron chi connectivity index (χ3n) is 4.98. The molecule has 0 bridgehead atoms. The Labute approximate surface area is 144 Å². The van der Waals surface area contributed by atoms with Crippen molar-refractivity contribution in [1.82, 2.24) is 4.90 Å². The number of benzene rings is 1. The first-order chi connectivity index (χ1) is 11.2. The summed E-state index contributed by atoms with van der Waals surface area (Å²) in [6.07, 6.45) is 1.14. The fraction of sp³-hybridized carbons (Fsp3) is 0.579. The summed E-state index contributed by atoms with van der Waals surface area (Å²) in [5.41, 5.74) is 3.06. The molecule has 1 saturated heterocycles. The van der Waals surface area contributed by atoms with Gasteiger partial charge in [0.1, 0.15) is 5.54 Å². The summed E-state index contributed by atoms with van der Waals surface area (Å²) in [6, 6.07) is 4.11. The number of nitrogens with zero attached hydrogens (tertiary/aromatic N) is 2. The maximum Gasteiger partial charge on any atom is 0.332 e. The molecule has 0 atom stereocenters. The molecule has 2 rings (SSSR count). The number of hydrogen-bond donors (Lipinski definition) is 0. The lowest BCUT2D eigenvalue weighted by Crippen LogP contribution is -2.62. The number of anilines is 1. The van der Waals surface area contributed by atoms with Gasteiger partial charge < -0.3 is 9.64 Å². The fourth-order valence-corrected chi connectivity index (χ4v) is 3.90. The smallest absolute Gasteiger partial charge is 0.332 e. The molecular formula is C19H28N2O3. The predicted octanol–water partition coefficient (Wildman–Crippen LogP) is 2.60. The molecule has 1 fully saturated rings. The number of ether oxygens (including phenoxy) is 1. The van der Waals surface area contributed by atoms with Crippen LogP contribution < -0.4 is 4.90 Å². The molecule has 0 unspecified atom stereocenters. The Kier molecular flexibility index (Phi) is 5.33. The summed E-state index contributed by atoms with van der Waals surface area (Å²) in [5, 5.41) is 0. The number of methoxy groups -OCH3 is 1. The summed E-state index contributed by atoms with van der Waals surface area (Å²) in [5.74, 6) is -0.454. The van der Waals surface area contributed by atoms with Crippen molar-refractivity contribution in [1.29, 1.82) is 0 Å². The summed E-state index contributed by atoms with van der Waals surface area (Å²) in [4.78, 5) is 29.3. The van der Waals surface area contributed by atoms with Crippen LogP contribution >= 0.6 is 0 Å². The molecular weight excluding hydrogens is 304 g/mol.